The summed E-state index contributed by atoms with van der Waals surface area (Å²) in [6.45, 7) is 0.946. The monoisotopic (exact) mass is 449 g/mol. The third kappa shape index (κ3) is 4.17. The van der Waals surface area contributed by atoms with E-state index in [1.54, 1.807) is 13.2 Å². The van der Waals surface area contributed by atoms with E-state index >= 15 is 0 Å². The first kappa shape index (κ1) is 21.8. The van der Waals surface area contributed by atoms with Gasteiger partial charge in [-0.3, -0.25) is 14.6 Å². The van der Waals surface area contributed by atoms with Crippen molar-refractivity contribution >= 4 is 22.7 Å². The van der Waals surface area contributed by atoms with Crippen molar-refractivity contribution in [3.63, 3.8) is 0 Å². The van der Waals surface area contributed by atoms with Crippen LogP contribution in [0.1, 0.15) is 22.3 Å². The van der Waals surface area contributed by atoms with Crippen LogP contribution in [-0.4, -0.2) is 41.8 Å². The topological polar surface area (TPSA) is 62.3 Å². The zero-order valence-corrected chi connectivity index (χ0v) is 19.2. The van der Waals surface area contributed by atoms with E-state index in [-0.39, 0.29) is 11.8 Å². The van der Waals surface area contributed by atoms with Crippen LogP contribution < -0.4 is 5.32 Å². The maximum Gasteiger partial charge on any atom is 0.253 e. The van der Waals surface area contributed by atoms with Crippen LogP contribution in [0.4, 0.5) is 0 Å². The van der Waals surface area contributed by atoms with Gasteiger partial charge in [-0.05, 0) is 53.8 Å². The fraction of sp³-hybridized carbons (Fsp3) is 0.207. The van der Waals surface area contributed by atoms with Gasteiger partial charge in [0.15, 0.2) is 0 Å². The molecule has 170 valence electrons. The highest BCUT2D eigenvalue weighted by molar-refractivity contribution is 5.98. The molecule has 0 unspecified atom stereocenters. The molecule has 0 bridgehead atoms. The number of hydrogen-bond donors (Lipinski definition) is 1. The van der Waals surface area contributed by atoms with Crippen molar-refractivity contribution in [1.82, 2.24) is 15.2 Å². The van der Waals surface area contributed by atoms with Gasteiger partial charge in [0, 0.05) is 37.3 Å². The molecule has 1 fully saturated rings. The van der Waals surface area contributed by atoms with Crippen LogP contribution in [0.3, 0.4) is 0 Å². The quantitative estimate of drug-likeness (QED) is 0.479. The number of nitrogens with one attached hydrogen (secondary N) is 1. The summed E-state index contributed by atoms with van der Waals surface area (Å²) >= 11 is 0. The van der Waals surface area contributed by atoms with E-state index in [9.17, 15) is 9.59 Å². The van der Waals surface area contributed by atoms with Crippen molar-refractivity contribution in [1.29, 1.82) is 0 Å². The lowest BCUT2D eigenvalue weighted by molar-refractivity contribution is -0.129. The number of likely N-dealkylation sites (tertiary alicyclic amines) is 1. The Morgan fingerprint density at radius 1 is 0.941 bits per heavy atom. The SMILES string of the molecule is CNC(=O)[C@]1(Cc2cccc(-c3ccccc3)c2)CCN(C(=O)c2ccc3ncccc3c2)C1. The lowest BCUT2D eigenvalue weighted by atomic mass is 9.79. The summed E-state index contributed by atoms with van der Waals surface area (Å²) < 4.78 is 0. The van der Waals surface area contributed by atoms with Gasteiger partial charge in [-0.2, -0.15) is 0 Å². The molecule has 5 heteroatoms. The number of pyridine rings is 1. The first-order valence-electron chi connectivity index (χ1n) is 11.6. The van der Waals surface area contributed by atoms with E-state index in [0.29, 0.717) is 31.5 Å². The Hall–Kier alpha value is -3.99. The molecule has 2 heterocycles. The van der Waals surface area contributed by atoms with Crippen LogP contribution in [-0.2, 0) is 11.2 Å². The Bertz CT molecular complexity index is 1350. The zero-order chi connectivity index (χ0) is 23.5. The Morgan fingerprint density at radius 3 is 2.59 bits per heavy atom. The molecule has 0 aliphatic carbocycles. The van der Waals surface area contributed by atoms with Gasteiger partial charge in [0.2, 0.25) is 5.91 Å². The number of rotatable bonds is 5. The smallest absolute Gasteiger partial charge is 0.253 e. The number of nitrogens with zero attached hydrogens (tertiary/aromatic N) is 2. The van der Waals surface area contributed by atoms with Crippen LogP contribution in [0, 0.1) is 5.41 Å². The van der Waals surface area contributed by atoms with Crippen molar-refractivity contribution in [3.8, 4) is 11.1 Å². The van der Waals surface area contributed by atoms with Crippen molar-refractivity contribution in [2.24, 2.45) is 5.41 Å². The minimum absolute atomic E-state index is 0.0179. The highest BCUT2D eigenvalue weighted by Crippen LogP contribution is 2.36. The maximum atomic E-state index is 13.4. The number of amides is 2. The number of aromatic nitrogens is 1. The first-order chi connectivity index (χ1) is 16.6. The molecule has 1 N–H and O–H groups in total. The van der Waals surface area contributed by atoms with Gasteiger partial charge in [0.1, 0.15) is 0 Å². The molecule has 1 aliphatic heterocycles. The molecule has 0 spiro atoms. The summed E-state index contributed by atoms with van der Waals surface area (Å²) in [5, 5.41) is 3.79. The second kappa shape index (κ2) is 9.10. The zero-order valence-electron chi connectivity index (χ0n) is 19.2. The van der Waals surface area contributed by atoms with Gasteiger partial charge < -0.3 is 10.2 Å². The van der Waals surface area contributed by atoms with Gasteiger partial charge in [0.05, 0.1) is 10.9 Å². The normalized spacial score (nSPS) is 17.6. The fourth-order valence-corrected chi connectivity index (χ4v) is 4.99. The van der Waals surface area contributed by atoms with E-state index in [2.05, 4.69) is 40.6 Å². The predicted molar refractivity (Wildman–Crippen MR) is 134 cm³/mol. The Balaban J connectivity index is 1.40. The van der Waals surface area contributed by atoms with Crippen LogP contribution in [0.15, 0.2) is 91.1 Å². The minimum Gasteiger partial charge on any atom is -0.359 e. The Kier molecular flexibility index (Phi) is 5.84. The second-order valence-corrected chi connectivity index (χ2v) is 8.99. The summed E-state index contributed by atoms with van der Waals surface area (Å²) in [5.41, 5.74) is 4.19. The van der Waals surface area contributed by atoms with E-state index in [4.69, 9.17) is 0 Å². The molecular formula is C29H27N3O2. The van der Waals surface area contributed by atoms with Crippen LogP contribution in [0.2, 0.25) is 0 Å². The number of hydrogen-bond acceptors (Lipinski definition) is 3. The molecule has 3 aromatic carbocycles. The summed E-state index contributed by atoms with van der Waals surface area (Å²) in [7, 11) is 1.67. The maximum absolute atomic E-state index is 13.4. The molecule has 4 aromatic rings. The number of fused-ring (bicyclic) bond motifs is 1. The summed E-state index contributed by atoms with van der Waals surface area (Å²) in [4.78, 5) is 32.6. The molecule has 1 saturated heterocycles. The molecule has 34 heavy (non-hydrogen) atoms. The second-order valence-electron chi connectivity index (χ2n) is 8.99. The first-order valence-corrected chi connectivity index (χ1v) is 11.6. The highest BCUT2D eigenvalue weighted by Gasteiger charge is 2.45. The average molecular weight is 450 g/mol. The molecular weight excluding hydrogens is 422 g/mol. The predicted octanol–water partition coefficient (Wildman–Crippen LogP) is 4.72. The molecule has 0 saturated carbocycles. The van der Waals surface area contributed by atoms with Gasteiger partial charge in [-0.15, -0.1) is 0 Å². The van der Waals surface area contributed by atoms with Crippen molar-refractivity contribution in [2.45, 2.75) is 12.8 Å². The average Bonchev–Trinajstić information content (AvgIpc) is 3.33. The molecule has 1 aromatic heterocycles. The minimum atomic E-state index is -0.655. The van der Waals surface area contributed by atoms with Crippen LogP contribution >= 0.6 is 0 Å². The third-order valence-corrected chi connectivity index (χ3v) is 6.78. The van der Waals surface area contributed by atoms with Gasteiger partial charge in [-0.25, -0.2) is 0 Å². The van der Waals surface area contributed by atoms with E-state index in [1.807, 2.05) is 59.5 Å². The van der Waals surface area contributed by atoms with Crippen LogP contribution in [0.25, 0.3) is 22.0 Å². The fourth-order valence-electron chi connectivity index (χ4n) is 4.99. The van der Waals surface area contributed by atoms with Crippen LogP contribution in [0.5, 0.6) is 0 Å². The molecule has 5 nitrogen and oxygen atoms in total. The molecule has 5 rings (SSSR count). The van der Waals surface area contributed by atoms with E-state index in [0.717, 1.165) is 27.6 Å². The largest absolute Gasteiger partial charge is 0.359 e. The Morgan fingerprint density at radius 2 is 1.76 bits per heavy atom. The Labute approximate surface area is 199 Å². The molecule has 1 atom stereocenters. The highest BCUT2D eigenvalue weighted by atomic mass is 16.2. The summed E-state index contributed by atoms with van der Waals surface area (Å²) in [6, 6.07) is 28.0. The van der Waals surface area contributed by atoms with Crippen molar-refractivity contribution in [2.75, 3.05) is 20.1 Å². The van der Waals surface area contributed by atoms with Crippen molar-refractivity contribution in [3.05, 3.63) is 102 Å². The summed E-state index contributed by atoms with van der Waals surface area (Å²) in [6.07, 6.45) is 2.96. The third-order valence-electron chi connectivity index (χ3n) is 6.78. The summed E-state index contributed by atoms with van der Waals surface area (Å²) in [5.74, 6) is -0.0646. The lowest BCUT2D eigenvalue weighted by Crippen LogP contribution is -2.44. The van der Waals surface area contributed by atoms with Gasteiger partial charge >= 0.3 is 0 Å². The van der Waals surface area contributed by atoms with Gasteiger partial charge in [0.25, 0.3) is 5.91 Å². The van der Waals surface area contributed by atoms with Gasteiger partial charge in [-0.1, -0.05) is 60.7 Å². The van der Waals surface area contributed by atoms with E-state index in [1.165, 1.54) is 0 Å². The molecule has 0 radical (unpaired) electrons. The van der Waals surface area contributed by atoms with Crippen molar-refractivity contribution < 1.29 is 9.59 Å². The molecule has 2 amide bonds. The number of carbonyl (C=O) groups excluding carboxylic acids is 2. The number of benzene rings is 3. The van der Waals surface area contributed by atoms with E-state index < -0.39 is 5.41 Å². The molecule has 1 aliphatic rings. The number of carbonyl (C=O) groups is 2. The lowest BCUT2D eigenvalue weighted by Gasteiger charge is -2.28. The standard InChI is InChI=1S/C29H27N3O2/c1-30-28(34)29(19-21-7-5-10-23(17-21)22-8-3-2-4-9-22)14-16-32(20-29)27(33)25-12-13-26-24(18-25)11-6-15-31-26/h2-13,15,17-18H,14,16,19-20H2,1H3,(H,30,34)/t29-/m0/s1.